The Morgan fingerprint density at radius 2 is 1.37 bits per heavy atom. The topological polar surface area (TPSA) is 139 Å². The SMILES string of the molecule is CCC(=O)N(c1ccccc1)C1CCN(CCc2ccccc2)CC1.O=C(O)C(O)C(O)C(=O)O. The fourth-order valence-corrected chi connectivity index (χ4v) is 3.92. The molecule has 0 spiro atoms. The first-order chi connectivity index (χ1) is 16.7. The fraction of sp³-hybridized carbons (Fsp3) is 0.423. The molecule has 0 aliphatic carbocycles. The van der Waals surface area contributed by atoms with Crippen LogP contribution in [0.4, 0.5) is 5.69 Å². The molecule has 3 rings (SSSR count). The maximum absolute atomic E-state index is 12.5. The number of hydrogen-bond donors (Lipinski definition) is 4. The highest BCUT2D eigenvalue weighted by Crippen LogP contribution is 2.24. The zero-order valence-corrected chi connectivity index (χ0v) is 19.9. The molecule has 0 aromatic heterocycles. The fourth-order valence-electron chi connectivity index (χ4n) is 3.92. The van der Waals surface area contributed by atoms with E-state index in [4.69, 9.17) is 20.4 Å². The lowest BCUT2D eigenvalue weighted by Gasteiger charge is -2.38. The third-order valence-corrected chi connectivity index (χ3v) is 5.89. The summed E-state index contributed by atoms with van der Waals surface area (Å²) in [5.74, 6) is -3.31. The van der Waals surface area contributed by atoms with Gasteiger partial charge in [-0.05, 0) is 37.0 Å². The molecule has 2 aromatic rings. The first-order valence-corrected chi connectivity index (χ1v) is 11.7. The lowest BCUT2D eigenvalue weighted by atomic mass is 10.0. The Hall–Kier alpha value is -3.27. The van der Waals surface area contributed by atoms with Crippen molar-refractivity contribution in [3.8, 4) is 0 Å². The van der Waals surface area contributed by atoms with Gasteiger partial charge >= 0.3 is 11.9 Å². The molecule has 4 N–H and O–H groups in total. The number of aliphatic hydroxyl groups excluding tert-OH is 2. The van der Waals surface area contributed by atoms with Crippen LogP contribution in [0.15, 0.2) is 60.7 Å². The second kappa shape index (κ2) is 14.2. The van der Waals surface area contributed by atoms with Crippen LogP contribution in [0, 0.1) is 0 Å². The normalized spacial score (nSPS) is 15.9. The van der Waals surface area contributed by atoms with Crippen LogP contribution in [-0.4, -0.2) is 81.1 Å². The monoisotopic (exact) mass is 486 g/mol. The van der Waals surface area contributed by atoms with E-state index >= 15 is 0 Å². The zero-order chi connectivity index (χ0) is 25.8. The highest BCUT2D eigenvalue weighted by atomic mass is 16.4. The predicted octanol–water partition coefficient (Wildman–Crippen LogP) is 2.01. The number of aliphatic carboxylic acids is 2. The first kappa shape index (κ1) is 28.0. The molecule has 1 aliphatic heterocycles. The van der Waals surface area contributed by atoms with Gasteiger partial charge in [0.05, 0.1) is 0 Å². The van der Waals surface area contributed by atoms with Crippen LogP contribution >= 0.6 is 0 Å². The van der Waals surface area contributed by atoms with E-state index in [0.29, 0.717) is 12.5 Å². The molecular formula is C26H34N2O7. The summed E-state index contributed by atoms with van der Waals surface area (Å²) in [5.41, 5.74) is 2.44. The van der Waals surface area contributed by atoms with E-state index in [1.807, 2.05) is 30.0 Å². The van der Waals surface area contributed by atoms with Crippen molar-refractivity contribution < 1.29 is 34.8 Å². The summed E-state index contributed by atoms with van der Waals surface area (Å²) in [6, 6.07) is 21.1. The van der Waals surface area contributed by atoms with Crippen molar-refractivity contribution in [2.24, 2.45) is 0 Å². The van der Waals surface area contributed by atoms with Gasteiger partial charge in [0.25, 0.3) is 0 Å². The summed E-state index contributed by atoms with van der Waals surface area (Å²) in [6.07, 6.45) is -0.773. The Kier molecular flexibility index (Phi) is 11.4. The summed E-state index contributed by atoms with van der Waals surface area (Å²) in [7, 11) is 0. The first-order valence-electron chi connectivity index (χ1n) is 11.7. The number of anilines is 1. The maximum Gasteiger partial charge on any atom is 0.335 e. The molecular weight excluding hydrogens is 452 g/mol. The van der Waals surface area contributed by atoms with E-state index < -0.39 is 24.1 Å². The van der Waals surface area contributed by atoms with Gasteiger partial charge in [-0.15, -0.1) is 0 Å². The van der Waals surface area contributed by atoms with Gasteiger partial charge in [0.2, 0.25) is 5.91 Å². The Labute approximate surface area is 205 Å². The van der Waals surface area contributed by atoms with Crippen LogP contribution in [0.5, 0.6) is 0 Å². The van der Waals surface area contributed by atoms with Gasteiger partial charge < -0.3 is 30.2 Å². The number of carbonyl (C=O) groups is 3. The van der Waals surface area contributed by atoms with Crippen molar-refractivity contribution in [2.45, 2.75) is 50.9 Å². The summed E-state index contributed by atoms with van der Waals surface area (Å²) in [4.78, 5) is 36.6. The minimum Gasteiger partial charge on any atom is -0.479 e. The van der Waals surface area contributed by atoms with E-state index in [0.717, 1.165) is 44.6 Å². The molecule has 1 fully saturated rings. The van der Waals surface area contributed by atoms with E-state index in [9.17, 15) is 14.4 Å². The Bertz CT molecular complexity index is 913. The van der Waals surface area contributed by atoms with Gasteiger partial charge in [-0.3, -0.25) is 4.79 Å². The predicted molar refractivity (Wildman–Crippen MR) is 131 cm³/mol. The van der Waals surface area contributed by atoms with Crippen molar-refractivity contribution in [3.05, 3.63) is 66.2 Å². The highest BCUT2D eigenvalue weighted by Gasteiger charge is 2.29. The third kappa shape index (κ3) is 8.79. The average Bonchev–Trinajstić information content (AvgIpc) is 2.88. The van der Waals surface area contributed by atoms with Crippen LogP contribution in [0.2, 0.25) is 0 Å². The number of nitrogens with zero attached hydrogens (tertiary/aromatic N) is 2. The second-order valence-electron chi connectivity index (χ2n) is 8.33. The number of aliphatic hydroxyl groups is 2. The minimum atomic E-state index is -2.27. The number of carboxylic acids is 2. The van der Waals surface area contributed by atoms with Crippen molar-refractivity contribution in [1.29, 1.82) is 0 Å². The largest absolute Gasteiger partial charge is 0.479 e. The van der Waals surface area contributed by atoms with Crippen molar-refractivity contribution >= 4 is 23.5 Å². The lowest BCUT2D eigenvalue weighted by Crippen LogP contribution is -2.47. The maximum atomic E-state index is 12.5. The molecule has 2 unspecified atom stereocenters. The highest BCUT2D eigenvalue weighted by molar-refractivity contribution is 5.93. The molecule has 1 aliphatic rings. The van der Waals surface area contributed by atoms with Gasteiger partial charge in [0, 0.05) is 37.8 Å². The summed E-state index contributed by atoms with van der Waals surface area (Å²) in [6.45, 7) is 5.19. The van der Waals surface area contributed by atoms with Gasteiger partial charge in [0.1, 0.15) is 0 Å². The number of carboxylic acid groups (broad SMARTS) is 2. The van der Waals surface area contributed by atoms with Crippen LogP contribution < -0.4 is 4.90 Å². The molecule has 35 heavy (non-hydrogen) atoms. The number of para-hydroxylation sites is 1. The van der Waals surface area contributed by atoms with Gasteiger partial charge in [-0.2, -0.15) is 0 Å². The Morgan fingerprint density at radius 1 is 0.886 bits per heavy atom. The van der Waals surface area contributed by atoms with Crippen LogP contribution in [0.25, 0.3) is 0 Å². The van der Waals surface area contributed by atoms with Crippen molar-refractivity contribution in [2.75, 3.05) is 24.5 Å². The molecule has 0 bridgehead atoms. The molecule has 9 heteroatoms. The number of likely N-dealkylation sites (tertiary alicyclic amines) is 1. The smallest absolute Gasteiger partial charge is 0.335 e. The number of amides is 1. The number of piperidine rings is 1. The van der Waals surface area contributed by atoms with E-state index in [2.05, 4.69) is 47.4 Å². The van der Waals surface area contributed by atoms with Crippen molar-refractivity contribution in [1.82, 2.24) is 4.90 Å². The standard InChI is InChI=1S/C22H28N2O.C4H6O6/c1-2-22(25)24(20-11-7-4-8-12-20)21-14-17-23(18-15-21)16-13-19-9-5-3-6-10-19;5-1(3(7)8)2(6)4(9)10/h3-12,21H,2,13-18H2,1H3;1-2,5-6H,(H,7,8)(H,9,10). The molecule has 1 amide bonds. The van der Waals surface area contributed by atoms with Gasteiger partial charge in [0.15, 0.2) is 12.2 Å². The van der Waals surface area contributed by atoms with Gasteiger partial charge in [-0.1, -0.05) is 55.5 Å². The number of rotatable bonds is 9. The Balaban J connectivity index is 0.000000367. The minimum absolute atomic E-state index is 0.230. The molecule has 2 aromatic carbocycles. The van der Waals surface area contributed by atoms with Crippen LogP contribution in [0.1, 0.15) is 31.7 Å². The van der Waals surface area contributed by atoms with Crippen LogP contribution in [0.3, 0.4) is 0 Å². The van der Waals surface area contributed by atoms with E-state index in [-0.39, 0.29) is 5.91 Å². The molecule has 1 heterocycles. The molecule has 190 valence electrons. The molecule has 0 saturated carbocycles. The summed E-state index contributed by atoms with van der Waals surface area (Å²) < 4.78 is 0. The Morgan fingerprint density at radius 3 is 1.83 bits per heavy atom. The summed E-state index contributed by atoms with van der Waals surface area (Å²) >= 11 is 0. The van der Waals surface area contributed by atoms with E-state index in [1.165, 1.54) is 5.56 Å². The average molecular weight is 487 g/mol. The molecule has 2 atom stereocenters. The number of carbonyl (C=O) groups excluding carboxylic acids is 1. The molecule has 1 saturated heterocycles. The third-order valence-electron chi connectivity index (χ3n) is 5.89. The quantitative estimate of drug-likeness (QED) is 0.422. The summed E-state index contributed by atoms with van der Waals surface area (Å²) in [5, 5.41) is 32.5. The van der Waals surface area contributed by atoms with Gasteiger partial charge in [-0.25, -0.2) is 9.59 Å². The number of hydrogen-bond acceptors (Lipinski definition) is 6. The lowest BCUT2D eigenvalue weighted by molar-refractivity contribution is -0.165. The van der Waals surface area contributed by atoms with Crippen molar-refractivity contribution in [3.63, 3.8) is 0 Å². The second-order valence-corrected chi connectivity index (χ2v) is 8.33. The van der Waals surface area contributed by atoms with Crippen LogP contribution in [-0.2, 0) is 20.8 Å². The zero-order valence-electron chi connectivity index (χ0n) is 19.9. The molecule has 0 radical (unpaired) electrons. The number of benzene rings is 2. The molecule has 9 nitrogen and oxygen atoms in total. The van der Waals surface area contributed by atoms with E-state index in [1.54, 1.807) is 0 Å².